The van der Waals surface area contributed by atoms with Gasteiger partial charge >= 0.3 is 0 Å². The molecule has 27 heavy (non-hydrogen) atoms. The van der Waals surface area contributed by atoms with Crippen LogP contribution in [0.2, 0.25) is 10.0 Å². The largest absolute Gasteiger partial charge is 0.331 e. The molecule has 0 radical (unpaired) electrons. The zero-order valence-electron chi connectivity index (χ0n) is 14.3. The lowest BCUT2D eigenvalue weighted by molar-refractivity contribution is 0.0729. The Morgan fingerprint density at radius 3 is 2.48 bits per heavy atom. The van der Waals surface area contributed by atoms with E-state index in [-0.39, 0.29) is 12.5 Å². The molecule has 0 aliphatic heterocycles. The van der Waals surface area contributed by atoms with E-state index in [0.717, 1.165) is 12.8 Å². The van der Waals surface area contributed by atoms with Gasteiger partial charge < -0.3 is 4.90 Å². The van der Waals surface area contributed by atoms with Crippen molar-refractivity contribution in [2.24, 2.45) is 5.92 Å². The lowest BCUT2D eigenvalue weighted by Gasteiger charge is -2.22. The first-order chi connectivity index (χ1) is 13.1. The molecule has 7 nitrogen and oxygen atoms in total. The normalized spacial score (nSPS) is 13.6. The van der Waals surface area contributed by atoms with E-state index in [2.05, 4.69) is 20.1 Å². The van der Waals surface area contributed by atoms with Crippen LogP contribution < -0.4 is 0 Å². The fourth-order valence-electron chi connectivity index (χ4n) is 2.80. The van der Waals surface area contributed by atoms with Crippen molar-refractivity contribution in [3.05, 3.63) is 64.4 Å². The van der Waals surface area contributed by atoms with Gasteiger partial charge in [0.15, 0.2) is 5.82 Å². The highest BCUT2D eigenvalue weighted by Crippen LogP contribution is 2.31. The summed E-state index contributed by atoms with van der Waals surface area (Å²) in [6, 6.07) is 6.59. The minimum Gasteiger partial charge on any atom is -0.331 e. The molecule has 4 rings (SSSR count). The first kappa shape index (κ1) is 17.9. The second-order valence-corrected chi connectivity index (χ2v) is 7.30. The molecule has 1 aliphatic carbocycles. The number of benzene rings is 1. The Labute approximate surface area is 166 Å². The summed E-state index contributed by atoms with van der Waals surface area (Å²) < 4.78 is 1.54. The second-order valence-electron chi connectivity index (χ2n) is 6.42. The quantitative estimate of drug-likeness (QED) is 0.631. The maximum absolute atomic E-state index is 13.1. The van der Waals surface area contributed by atoms with Crippen LogP contribution in [0.25, 0.3) is 5.95 Å². The van der Waals surface area contributed by atoms with Gasteiger partial charge in [-0.25, -0.2) is 15.0 Å². The predicted octanol–water partition coefficient (Wildman–Crippen LogP) is 3.42. The van der Waals surface area contributed by atoms with Crippen molar-refractivity contribution in [2.45, 2.75) is 19.4 Å². The van der Waals surface area contributed by atoms with Crippen molar-refractivity contribution >= 4 is 29.1 Å². The van der Waals surface area contributed by atoms with Crippen LogP contribution in [0, 0.1) is 5.92 Å². The van der Waals surface area contributed by atoms with Gasteiger partial charge in [-0.15, -0.1) is 0 Å². The number of carbonyl (C=O) groups excluding carboxylic acids is 1. The Hall–Kier alpha value is -2.51. The lowest BCUT2D eigenvalue weighted by atomic mass is 10.2. The van der Waals surface area contributed by atoms with E-state index >= 15 is 0 Å². The van der Waals surface area contributed by atoms with E-state index in [4.69, 9.17) is 23.2 Å². The van der Waals surface area contributed by atoms with Gasteiger partial charge in [-0.1, -0.05) is 23.2 Å². The molecule has 2 aromatic heterocycles. The van der Waals surface area contributed by atoms with Gasteiger partial charge in [0.05, 0.1) is 6.54 Å². The van der Waals surface area contributed by atoms with Crippen LogP contribution in [0.15, 0.2) is 43.0 Å². The number of hydrogen-bond donors (Lipinski definition) is 0. The standard InChI is InChI=1S/C18H16Cl2N6O/c19-14-6-13(7-15(20)8-14)17(27)25(9-12-2-3-12)10-16-23-11-24-26(16)18-21-4-1-5-22-18/h1,4-8,11-12H,2-3,9-10H2. The van der Waals surface area contributed by atoms with Crippen LogP contribution in [-0.4, -0.2) is 42.1 Å². The molecule has 3 aromatic rings. The number of rotatable bonds is 6. The topological polar surface area (TPSA) is 76.8 Å². The fraction of sp³-hybridized carbons (Fsp3) is 0.278. The number of hydrogen-bond acceptors (Lipinski definition) is 5. The van der Waals surface area contributed by atoms with E-state index in [9.17, 15) is 4.79 Å². The summed E-state index contributed by atoms with van der Waals surface area (Å²) in [5.41, 5.74) is 0.454. The molecule has 1 saturated carbocycles. The van der Waals surface area contributed by atoms with E-state index in [1.165, 1.54) is 11.0 Å². The molecule has 2 heterocycles. The molecular formula is C18H16Cl2N6O. The van der Waals surface area contributed by atoms with Gasteiger partial charge in [0.1, 0.15) is 6.33 Å². The summed E-state index contributed by atoms with van der Waals surface area (Å²) in [5.74, 6) is 1.36. The molecule has 0 spiro atoms. The summed E-state index contributed by atoms with van der Waals surface area (Å²) in [6.07, 6.45) is 6.94. The Kier molecular flexibility index (Phi) is 5.05. The van der Waals surface area contributed by atoms with Gasteiger partial charge in [-0.2, -0.15) is 9.78 Å². The van der Waals surface area contributed by atoms with Crippen molar-refractivity contribution in [2.75, 3.05) is 6.54 Å². The van der Waals surface area contributed by atoms with Crippen LogP contribution >= 0.6 is 23.2 Å². The molecule has 0 N–H and O–H groups in total. The van der Waals surface area contributed by atoms with Gasteiger partial charge in [0.25, 0.3) is 11.9 Å². The summed E-state index contributed by atoms with van der Waals surface area (Å²) in [7, 11) is 0. The zero-order valence-corrected chi connectivity index (χ0v) is 15.8. The van der Waals surface area contributed by atoms with Crippen molar-refractivity contribution in [3.8, 4) is 5.95 Å². The molecule has 0 atom stereocenters. The van der Waals surface area contributed by atoms with Gasteiger partial charge in [-0.05, 0) is 43.0 Å². The number of amides is 1. The molecule has 0 unspecified atom stereocenters. The first-order valence-electron chi connectivity index (χ1n) is 8.52. The van der Waals surface area contributed by atoms with Crippen molar-refractivity contribution in [3.63, 3.8) is 0 Å². The number of halogens is 2. The second kappa shape index (κ2) is 7.62. The smallest absolute Gasteiger partial charge is 0.254 e. The van der Waals surface area contributed by atoms with Crippen LogP contribution in [0.5, 0.6) is 0 Å². The molecule has 1 amide bonds. The summed E-state index contributed by atoms with van der Waals surface area (Å²) in [6.45, 7) is 0.934. The summed E-state index contributed by atoms with van der Waals surface area (Å²) in [5, 5.41) is 5.05. The van der Waals surface area contributed by atoms with E-state index in [1.807, 2.05) is 0 Å². The molecule has 1 aliphatic rings. The Morgan fingerprint density at radius 1 is 1.11 bits per heavy atom. The maximum atomic E-state index is 13.1. The molecule has 1 fully saturated rings. The van der Waals surface area contributed by atoms with Crippen LogP contribution in [0.4, 0.5) is 0 Å². The molecule has 0 saturated heterocycles. The molecule has 9 heteroatoms. The third-order valence-corrected chi connectivity index (χ3v) is 4.70. The number of carbonyl (C=O) groups is 1. The SMILES string of the molecule is O=C(c1cc(Cl)cc(Cl)c1)N(Cc1ncnn1-c1ncccn1)CC1CC1. The minimum absolute atomic E-state index is 0.144. The Balaban J connectivity index is 1.62. The van der Waals surface area contributed by atoms with E-state index in [0.29, 0.717) is 39.8 Å². The van der Waals surface area contributed by atoms with E-state index in [1.54, 1.807) is 41.6 Å². The monoisotopic (exact) mass is 402 g/mol. The molecule has 1 aromatic carbocycles. The zero-order chi connectivity index (χ0) is 18.8. The molecule has 138 valence electrons. The van der Waals surface area contributed by atoms with Crippen LogP contribution in [0.1, 0.15) is 29.0 Å². The average Bonchev–Trinajstić information content (AvgIpc) is 3.35. The van der Waals surface area contributed by atoms with Gasteiger partial charge in [-0.3, -0.25) is 4.79 Å². The summed E-state index contributed by atoms with van der Waals surface area (Å²) >= 11 is 12.1. The van der Waals surface area contributed by atoms with Crippen LogP contribution in [-0.2, 0) is 6.54 Å². The van der Waals surface area contributed by atoms with E-state index < -0.39 is 0 Å². The highest BCUT2D eigenvalue weighted by Gasteiger charge is 2.29. The molecular weight excluding hydrogens is 387 g/mol. The van der Waals surface area contributed by atoms with Crippen molar-refractivity contribution < 1.29 is 4.79 Å². The predicted molar refractivity (Wildman–Crippen MR) is 101 cm³/mol. The third-order valence-electron chi connectivity index (χ3n) is 4.26. The molecule has 0 bridgehead atoms. The average molecular weight is 403 g/mol. The Morgan fingerprint density at radius 2 is 1.81 bits per heavy atom. The summed E-state index contributed by atoms with van der Waals surface area (Å²) in [4.78, 5) is 27.6. The lowest BCUT2D eigenvalue weighted by Crippen LogP contribution is -2.33. The number of nitrogens with zero attached hydrogens (tertiary/aromatic N) is 6. The van der Waals surface area contributed by atoms with Gasteiger partial charge in [0, 0.05) is 34.5 Å². The minimum atomic E-state index is -0.144. The number of aromatic nitrogens is 5. The maximum Gasteiger partial charge on any atom is 0.254 e. The third kappa shape index (κ3) is 4.26. The van der Waals surface area contributed by atoms with Crippen molar-refractivity contribution in [1.29, 1.82) is 0 Å². The highest BCUT2D eigenvalue weighted by atomic mass is 35.5. The highest BCUT2D eigenvalue weighted by molar-refractivity contribution is 6.35. The first-order valence-corrected chi connectivity index (χ1v) is 9.27. The van der Waals surface area contributed by atoms with Crippen molar-refractivity contribution in [1.82, 2.24) is 29.6 Å². The van der Waals surface area contributed by atoms with Gasteiger partial charge in [0.2, 0.25) is 0 Å². The Bertz CT molecular complexity index is 937. The fourth-order valence-corrected chi connectivity index (χ4v) is 3.33. The van der Waals surface area contributed by atoms with Crippen LogP contribution in [0.3, 0.4) is 0 Å².